The Balaban J connectivity index is 1.78. The number of likely N-dealkylation sites (N-methyl/N-ethyl adjacent to an activating group) is 1. The molecular formula is C20H22F2N2O2S. The van der Waals surface area contributed by atoms with E-state index in [4.69, 9.17) is 0 Å². The fourth-order valence-electron chi connectivity index (χ4n) is 4.34. The summed E-state index contributed by atoms with van der Waals surface area (Å²) in [4.78, 5) is 4.29. The Morgan fingerprint density at radius 1 is 1.07 bits per heavy atom. The van der Waals surface area contributed by atoms with Gasteiger partial charge in [0.25, 0.3) is 0 Å². The average Bonchev–Trinajstić information content (AvgIpc) is 2.89. The second-order valence-corrected chi connectivity index (χ2v) is 9.03. The molecule has 27 heavy (non-hydrogen) atoms. The summed E-state index contributed by atoms with van der Waals surface area (Å²) >= 11 is 0. The van der Waals surface area contributed by atoms with Crippen LogP contribution in [0.1, 0.15) is 19.8 Å². The summed E-state index contributed by atoms with van der Waals surface area (Å²) in [5, 5.41) is 0. The normalized spacial score (nSPS) is 22.3. The van der Waals surface area contributed by atoms with Crippen LogP contribution < -0.4 is 4.90 Å². The van der Waals surface area contributed by atoms with E-state index in [1.165, 1.54) is 6.07 Å². The number of benzene rings is 2. The van der Waals surface area contributed by atoms with E-state index >= 15 is 0 Å². The molecule has 2 unspecified atom stereocenters. The molecule has 0 amide bonds. The van der Waals surface area contributed by atoms with Crippen LogP contribution in [-0.2, 0) is 9.84 Å². The van der Waals surface area contributed by atoms with E-state index < -0.39 is 21.5 Å². The zero-order valence-corrected chi connectivity index (χ0v) is 15.9. The molecular weight excluding hydrogens is 370 g/mol. The molecule has 7 heteroatoms. The molecule has 2 heterocycles. The van der Waals surface area contributed by atoms with Crippen molar-refractivity contribution < 1.29 is 17.2 Å². The van der Waals surface area contributed by atoms with Gasteiger partial charge >= 0.3 is 0 Å². The van der Waals surface area contributed by atoms with Crippen LogP contribution in [-0.4, -0.2) is 45.0 Å². The standard InChI is InChI=1S/C20H22F2N2O2S/c1-2-24(18-8-10-23-9-7-17(18)23)19-5-3-4-6-20(19)27(25,26)16-12-14(21)11-15(22)13-16/h3-6,11-13,17-18H,2,7-10H2,1H3. The van der Waals surface area contributed by atoms with Crippen LogP contribution in [0.15, 0.2) is 52.3 Å². The third-order valence-corrected chi connectivity index (χ3v) is 7.47. The van der Waals surface area contributed by atoms with Gasteiger partial charge in [-0.25, -0.2) is 17.2 Å². The number of hydrogen-bond donors (Lipinski definition) is 0. The fraction of sp³-hybridized carbons (Fsp3) is 0.400. The van der Waals surface area contributed by atoms with E-state index in [1.807, 2.05) is 6.92 Å². The Labute approximate surface area is 158 Å². The topological polar surface area (TPSA) is 40.6 Å². The summed E-state index contributed by atoms with van der Waals surface area (Å²) in [5.74, 6) is -1.81. The van der Waals surface area contributed by atoms with Crippen molar-refractivity contribution >= 4 is 15.5 Å². The Morgan fingerprint density at radius 2 is 1.74 bits per heavy atom. The number of rotatable bonds is 5. The van der Waals surface area contributed by atoms with Crippen LogP contribution in [0.4, 0.5) is 14.5 Å². The minimum absolute atomic E-state index is 0.0922. The van der Waals surface area contributed by atoms with Crippen molar-refractivity contribution in [3.63, 3.8) is 0 Å². The predicted molar refractivity (Wildman–Crippen MR) is 99.7 cm³/mol. The van der Waals surface area contributed by atoms with Crippen molar-refractivity contribution in [3.05, 3.63) is 54.1 Å². The molecule has 2 atom stereocenters. The lowest BCUT2D eigenvalue weighted by Gasteiger charge is -2.42. The van der Waals surface area contributed by atoms with Gasteiger partial charge in [0, 0.05) is 37.8 Å². The zero-order chi connectivity index (χ0) is 19.2. The summed E-state index contributed by atoms with van der Waals surface area (Å²) in [5.41, 5.74) is 0.600. The number of hydrogen-bond acceptors (Lipinski definition) is 4. The van der Waals surface area contributed by atoms with Crippen LogP contribution >= 0.6 is 0 Å². The molecule has 2 aliphatic rings. The molecule has 2 aliphatic heterocycles. The van der Waals surface area contributed by atoms with E-state index in [1.54, 1.807) is 18.2 Å². The van der Waals surface area contributed by atoms with Crippen molar-refractivity contribution in [1.29, 1.82) is 0 Å². The van der Waals surface area contributed by atoms with Crippen LogP contribution in [0.5, 0.6) is 0 Å². The van der Waals surface area contributed by atoms with Crippen molar-refractivity contribution in [2.45, 2.75) is 41.6 Å². The highest BCUT2D eigenvalue weighted by Gasteiger charge is 2.43. The average molecular weight is 392 g/mol. The van der Waals surface area contributed by atoms with Gasteiger partial charge in [-0.3, -0.25) is 4.90 Å². The van der Waals surface area contributed by atoms with Crippen LogP contribution in [0.25, 0.3) is 0 Å². The SMILES string of the molecule is CCN(c1ccccc1S(=O)(=O)c1cc(F)cc(F)c1)C1CCN2CCC12. The Morgan fingerprint density at radius 3 is 2.33 bits per heavy atom. The Bertz CT molecular complexity index is 944. The molecule has 0 saturated carbocycles. The van der Waals surface area contributed by atoms with E-state index in [0.29, 0.717) is 24.3 Å². The summed E-state index contributed by atoms with van der Waals surface area (Å²) < 4.78 is 53.6. The number of sulfone groups is 1. The summed E-state index contributed by atoms with van der Waals surface area (Å²) in [6, 6.07) is 9.87. The minimum atomic E-state index is -4.05. The van der Waals surface area contributed by atoms with Crippen LogP contribution in [0.2, 0.25) is 0 Å². The van der Waals surface area contributed by atoms with Gasteiger partial charge in [0.2, 0.25) is 9.84 Å². The van der Waals surface area contributed by atoms with E-state index in [-0.39, 0.29) is 15.8 Å². The minimum Gasteiger partial charge on any atom is -0.366 e. The molecule has 0 bridgehead atoms. The highest BCUT2D eigenvalue weighted by molar-refractivity contribution is 7.91. The molecule has 2 aromatic rings. The molecule has 2 fully saturated rings. The van der Waals surface area contributed by atoms with Gasteiger partial charge in [-0.15, -0.1) is 0 Å². The fourth-order valence-corrected chi connectivity index (χ4v) is 5.85. The van der Waals surface area contributed by atoms with Crippen molar-refractivity contribution in [2.24, 2.45) is 0 Å². The van der Waals surface area contributed by atoms with Gasteiger partial charge in [-0.1, -0.05) is 12.1 Å². The third kappa shape index (κ3) is 3.12. The number of anilines is 1. The lowest BCUT2D eigenvalue weighted by Crippen LogP contribution is -2.53. The predicted octanol–water partition coefficient (Wildman–Crippen LogP) is 3.47. The van der Waals surface area contributed by atoms with Crippen LogP contribution in [0.3, 0.4) is 0 Å². The highest BCUT2D eigenvalue weighted by Crippen LogP contribution is 2.38. The lowest BCUT2D eigenvalue weighted by molar-refractivity contribution is 0.130. The maximum Gasteiger partial charge on any atom is 0.208 e. The molecule has 0 aromatic heterocycles. The maximum atomic E-state index is 13.6. The monoisotopic (exact) mass is 392 g/mol. The van der Waals surface area contributed by atoms with Crippen molar-refractivity contribution in [3.8, 4) is 0 Å². The molecule has 2 aromatic carbocycles. The largest absolute Gasteiger partial charge is 0.366 e. The molecule has 0 N–H and O–H groups in total. The number of halogens is 2. The number of nitrogens with zero attached hydrogens (tertiary/aromatic N) is 2. The lowest BCUT2D eigenvalue weighted by atomic mass is 9.98. The highest BCUT2D eigenvalue weighted by atomic mass is 32.2. The molecule has 4 nitrogen and oxygen atoms in total. The van der Waals surface area contributed by atoms with E-state index in [9.17, 15) is 17.2 Å². The Hall–Kier alpha value is -1.99. The van der Waals surface area contributed by atoms with Gasteiger partial charge in [0.05, 0.1) is 15.5 Å². The van der Waals surface area contributed by atoms with Gasteiger partial charge in [0.15, 0.2) is 0 Å². The first-order chi connectivity index (χ1) is 12.9. The van der Waals surface area contributed by atoms with Crippen molar-refractivity contribution in [1.82, 2.24) is 4.90 Å². The Kier molecular flexibility index (Phi) is 4.68. The second-order valence-electron chi connectivity index (χ2n) is 7.11. The first-order valence-electron chi connectivity index (χ1n) is 9.22. The van der Waals surface area contributed by atoms with E-state index in [0.717, 1.165) is 38.1 Å². The molecule has 4 rings (SSSR count). The first-order valence-corrected chi connectivity index (χ1v) is 10.7. The molecule has 0 radical (unpaired) electrons. The van der Waals surface area contributed by atoms with Gasteiger partial charge < -0.3 is 4.90 Å². The summed E-state index contributed by atoms with van der Waals surface area (Å²) in [6.07, 6.45) is 2.10. The molecule has 0 aliphatic carbocycles. The zero-order valence-electron chi connectivity index (χ0n) is 15.1. The van der Waals surface area contributed by atoms with Gasteiger partial charge in [-0.05, 0) is 44.0 Å². The van der Waals surface area contributed by atoms with Crippen LogP contribution in [0, 0.1) is 11.6 Å². The molecule has 2 saturated heterocycles. The smallest absolute Gasteiger partial charge is 0.208 e. The molecule has 0 spiro atoms. The second kappa shape index (κ2) is 6.87. The number of fused-ring (bicyclic) bond motifs is 1. The van der Waals surface area contributed by atoms with Gasteiger partial charge in [0.1, 0.15) is 11.6 Å². The summed E-state index contributed by atoms with van der Waals surface area (Å²) in [7, 11) is -4.05. The molecule has 144 valence electrons. The quantitative estimate of drug-likeness (QED) is 0.781. The maximum absolute atomic E-state index is 13.6. The van der Waals surface area contributed by atoms with Crippen molar-refractivity contribution in [2.75, 3.05) is 24.5 Å². The van der Waals surface area contributed by atoms with E-state index in [2.05, 4.69) is 9.80 Å². The number of para-hydroxylation sites is 1. The third-order valence-electron chi connectivity index (χ3n) is 5.69. The first kappa shape index (κ1) is 18.4. The van der Waals surface area contributed by atoms with Gasteiger partial charge in [-0.2, -0.15) is 0 Å². The summed E-state index contributed by atoms with van der Waals surface area (Å²) in [6.45, 7) is 4.79.